The van der Waals surface area contributed by atoms with E-state index in [4.69, 9.17) is 0 Å². The van der Waals surface area contributed by atoms with Crippen LogP contribution in [0.4, 0.5) is 0 Å². The molecule has 0 aliphatic rings. The molecule has 0 spiro atoms. The monoisotopic (exact) mass is 330 g/mol. The Balaban J connectivity index is 2.14. The van der Waals surface area contributed by atoms with Crippen LogP contribution in [0, 0.1) is 19.8 Å². The van der Waals surface area contributed by atoms with Crippen molar-refractivity contribution in [3.05, 3.63) is 51.0 Å². The molecular formula is C19H26N2OS. The molecule has 1 unspecified atom stereocenters. The summed E-state index contributed by atoms with van der Waals surface area (Å²) in [4.78, 5) is 20.2. The van der Waals surface area contributed by atoms with Crippen LogP contribution in [-0.2, 0) is 6.42 Å². The second kappa shape index (κ2) is 7.26. The van der Waals surface area contributed by atoms with Gasteiger partial charge in [-0.1, -0.05) is 26.0 Å². The van der Waals surface area contributed by atoms with Crippen LogP contribution >= 0.6 is 11.3 Å². The van der Waals surface area contributed by atoms with Crippen LogP contribution in [0.15, 0.2) is 24.3 Å². The fourth-order valence-corrected chi connectivity index (χ4v) is 3.77. The minimum Gasteiger partial charge on any atom is -0.334 e. The van der Waals surface area contributed by atoms with Gasteiger partial charge in [0, 0.05) is 17.5 Å². The Kier molecular flexibility index (Phi) is 5.58. The first-order chi connectivity index (χ1) is 10.8. The fourth-order valence-electron chi connectivity index (χ4n) is 2.74. The summed E-state index contributed by atoms with van der Waals surface area (Å²) in [5, 5.41) is 1.04. The predicted molar refractivity (Wildman–Crippen MR) is 97.1 cm³/mol. The topological polar surface area (TPSA) is 33.2 Å². The molecule has 124 valence electrons. The molecule has 0 aliphatic heterocycles. The lowest BCUT2D eigenvalue weighted by Crippen LogP contribution is -2.29. The van der Waals surface area contributed by atoms with E-state index >= 15 is 0 Å². The molecule has 0 saturated carbocycles. The highest BCUT2D eigenvalue weighted by atomic mass is 32.1. The van der Waals surface area contributed by atoms with E-state index in [1.165, 1.54) is 5.56 Å². The zero-order chi connectivity index (χ0) is 17.1. The Morgan fingerprint density at radius 1 is 1.17 bits per heavy atom. The van der Waals surface area contributed by atoms with Crippen molar-refractivity contribution < 1.29 is 4.79 Å². The molecule has 23 heavy (non-hydrogen) atoms. The van der Waals surface area contributed by atoms with Gasteiger partial charge in [-0.3, -0.25) is 4.79 Å². The van der Waals surface area contributed by atoms with E-state index in [9.17, 15) is 4.79 Å². The highest BCUT2D eigenvalue weighted by molar-refractivity contribution is 7.11. The molecule has 2 rings (SSSR count). The van der Waals surface area contributed by atoms with Gasteiger partial charge in [-0.2, -0.15) is 0 Å². The van der Waals surface area contributed by atoms with E-state index in [-0.39, 0.29) is 11.9 Å². The van der Waals surface area contributed by atoms with Crippen LogP contribution in [-0.4, -0.2) is 22.8 Å². The zero-order valence-corrected chi connectivity index (χ0v) is 15.7. The van der Waals surface area contributed by atoms with Gasteiger partial charge in [0.25, 0.3) is 5.91 Å². The molecule has 1 atom stereocenters. The molecule has 1 heterocycles. The molecule has 2 aromatic rings. The number of thiazole rings is 1. The SMILES string of the molecule is Cc1nc(C)c(C(C)N(C)C(=O)c2ccc(CC(C)C)cc2)s1. The van der Waals surface area contributed by atoms with Crippen molar-refractivity contribution in [2.75, 3.05) is 7.05 Å². The van der Waals surface area contributed by atoms with Crippen molar-refractivity contribution >= 4 is 17.2 Å². The second-order valence-electron chi connectivity index (χ2n) is 6.57. The summed E-state index contributed by atoms with van der Waals surface area (Å²) in [6.07, 6.45) is 1.04. The minimum atomic E-state index is 0.0315. The van der Waals surface area contributed by atoms with Crippen molar-refractivity contribution in [2.45, 2.75) is 47.1 Å². The normalized spacial score (nSPS) is 12.5. The molecular weight excluding hydrogens is 304 g/mol. The number of carbonyl (C=O) groups excluding carboxylic acids is 1. The van der Waals surface area contributed by atoms with Crippen molar-refractivity contribution in [1.29, 1.82) is 0 Å². The first-order valence-corrected chi connectivity index (χ1v) is 8.91. The third-order valence-corrected chi connectivity index (χ3v) is 5.31. The average molecular weight is 330 g/mol. The largest absolute Gasteiger partial charge is 0.334 e. The van der Waals surface area contributed by atoms with Crippen molar-refractivity contribution in [1.82, 2.24) is 9.88 Å². The molecule has 0 radical (unpaired) electrons. The molecule has 0 saturated heterocycles. The highest BCUT2D eigenvalue weighted by Gasteiger charge is 2.22. The van der Waals surface area contributed by atoms with Crippen molar-refractivity contribution in [2.24, 2.45) is 5.92 Å². The number of amides is 1. The Hall–Kier alpha value is -1.68. The van der Waals surface area contributed by atoms with Crippen LogP contribution in [0.5, 0.6) is 0 Å². The third-order valence-electron chi connectivity index (χ3n) is 4.06. The Morgan fingerprint density at radius 3 is 2.26 bits per heavy atom. The molecule has 4 heteroatoms. The summed E-state index contributed by atoms with van der Waals surface area (Å²) in [5.74, 6) is 0.677. The van der Waals surface area contributed by atoms with Gasteiger partial charge in [-0.05, 0) is 50.8 Å². The number of carbonyl (C=O) groups is 1. The third kappa shape index (κ3) is 4.20. The zero-order valence-electron chi connectivity index (χ0n) is 14.9. The van der Waals surface area contributed by atoms with Crippen molar-refractivity contribution in [3.8, 4) is 0 Å². The Labute approximate surface area is 143 Å². The van der Waals surface area contributed by atoms with E-state index in [0.717, 1.165) is 27.6 Å². The number of rotatable bonds is 5. The summed E-state index contributed by atoms with van der Waals surface area (Å²) >= 11 is 1.67. The number of nitrogens with zero attached hydrogens (tertiary/aromatic N) is 2. The van der Waals surface area contributed by atoms with Crippen molar-refractivity contribution in [3.63, 3.8) is 0 Å². The van der Waals surface area contributed by atoms with E-state index in [0.29, 0.717) is 5.92 Å². The Bertz CT molecular complexity index is 673. The van der Waals surface area contributed by atoms with Crippen LogP contribution in [0.25, 0.3) is 0 Å². The minimum absolute atomic E-state index is 0.0315. The van der Waals surface area contributed by atoms with Crippen LogP contribution < -0.4 is 0 Å². The van der Waals surface area contributed by atoms with Gasteiger partial charge >= 0.3 is 0 Å². The van der Waals surface area contributed by atoms with E-state index < -0.39 is 0 Å². The molecule has 0 N–H and O–H groups in total. The summed E-state index contributed by atoms with van der Waals surface area (Å²) < 4.78 is 0. The summed E-state index contributed by atoms with van der Waals surface area (Å²) in [6, 6.07) is 8.04. The van der Waals surface area contributed by atoms with Gasteiger partial charge in [-0.15, -0.1) is 11.3 Å². The molecule has 0 bridgehead atoms. The second-order valence-corrected chi connectivity index (χ2v) is 7.80. The number of hydrogen-bond acceptors (Lipinski definition) is 3. The van der Waals surface area contributed by atoms with Gasteiger partial charge in [0.05, 0.1) is 16.7 Å². The first kappa shape index (κ1) is 17.7. The van der Waals surface area contributed by atoms with E-state index in [2.05, 4.69) is 37.9 Å². The molecule has 0 fully saturated rings. The molecule has 3 nitrogen and oxygen atoms in total. The van der Waals surface area contributed by atoms with Gasteiger partial charge in [0.2, 0.25) is 0 Å². The maximum Gasteiger partial charge on any atom is 0.254 e. The standard InChI is InChI=1S/C19H26N2OS/c1-12(2)11-16-7-9-17(10-8-16)19(22)21(6)14(4)18-13(3)20-15(5)23-18/h7-10,12,14H,11H2,1-6H3. The van der Waals surface area contributed by atoms with Crippen LogP contribution in [0.3, 0.4) is 0 Å². The summed E-state index contributed by atoms with van der Waals surface area (Å²) in [7, 11) is 1.86. The molecule has 1 aromatic carbocycles. The predicted octanol–water partition coefficient (Wildman–Crippen LogP) is 4.79. The first-order valence-electron chi connectivity index (χ1n) is 8.09. The number of hydrogen-bond donors (Lipinski definition) is 0. The fraction of sp³-hybridized carbons (Fsp3) is 0.474. The molecule has 0 aliphatic carbocycles. The smallest absolute Gasteiger partial charge is 0.254 e. The average Bonchev–Trinajstić information content (AvgIpc) is 2.84. The highest BCUT2D eigenvalue weighted by Crippen LogP contribution is 2.29. The number of aromatic nitrogens is 1. The molecule has 1 aromatic heterocycles. The lowest BCUT2D eigenvalue weighted by Gasteiger charge is -2.24. The lowest BCUT2D eigenvalue weighted by atomic mass is 10.0. The van der Waals surface area contributed by atoms with E-state index in [1.54, 1.807) is 16.2 Å². The number of benzene rings is 1. The van der Waals surface area contributed by atoms with Crippen LogP contribution in [0.1, 0.15) is 58.3 Å². The van der Waals surface area contributed by atoms with Gasteiger partial charge < -0.3 is 4.90 Å². The maximum absolute atomic E-state index is 12.7. The number of aryl methyl sites for hydroxylation is 2. The quantitative estimate of drug-likeness (QED) is 0.789. The van der Waals surface area contributed by atoms with Gasteiger partial charge in [-0.25, -0.2) is 4.98 Å². The summed E-state index contributed by atoms with van der Waals surface area (Å²) in [5.41, 5.74) is 3.04. The summed E-state index contributed by atoms with van der Waals surface area (Å²) in [6.45, 7) is 10.5. The Morgan fingerprint density at radius 2 is 1.78 bits per heavy atom. The van der Waals surface area contributed by atoms with Gasteiger partial charge in [0.15, 0.2) is 0 Å². The van der Waals surface area contributed by atoms with E-state index in [1.807, 2.05) is 33.0 Å². The maximum atomic E-state index is 12.7. The molecule has 1 amide bonds. The lowest BCUT2D eigenvalue weighted by molar-refractivity contribution is 0.0744. The van der Waals surface area contributed by atoms with Crippen LogP contribution in [0.2, 0.25) is 0 Å². The van der Waals surface area contributed by atoms with Gasteiger partial charge in [0.1, 0.15) is 0 Å².